The highest BCUT2D eigenvalue weighted by Crippen LogP contribution is 2.29. The second-order valence-corrected chi connectivity index (χ2v) is 7.49. The number of carbonyl (C=O) groups is 1. The van der Waals surface area contributed by atoms with E-state index in [0.717, 1.165) is 6.07 Å². The van der Waals surface area contributed by atoms with Crippen molar-refractivity contribution >= 4 is 44.8 Å². The van der Waals surface area contributed by atoms with Gasteiger partial charge in [0, 0.05) is 24.0 Å². The van der Waals surface area contributed by atoms with E-state index in [1.165, 1.54) is 49.0 Å². The van der Waals surface area contributed by atoms with E-state index >= 15 is 0 Å². The van der Waals surface area contributed by atoms with Crippen LogP contribution in [0.5, 0.6) is 0 Å². The van der Waals surface area contributed by atoms with E-state index in [9.17, 15) is 23.3 Å². The summed E-state index contributed by atoms with van der Waals surface area (Å²) in [5, 5.41) is 13.4. The molecule has 2 aromatic carbocycles. The summed E-state index contributed by atoms with van der Waals surface area (Å²) in [6, 6.07) is 9.51. The molecule has 0 aliphatic carbocycles. The third-order valence-corrected chi connectivity index (χ3v) is 5.28. The van der Waals surface area contributed by atoms with Crippen LogP contribution in [-0.2, 0) is 14.8 Å². The fourth-order valence-corrected chi connectivity index (χ4v) is 3.65. The third-order valence-electron chi connectivity index (χ3n) is 3.10. The number of amides is 1. The fraction of sp³-hybridized carbons (Fsp3) is 0.133. The smallest absolute Gasteiger partial charge is 0.271 e. The Bertz CT molecular complexity index is 929. The number of nitrogens with one attached hydrogen (secondary N) is 2. The summed E-state index contributed by atoms with van der Waals surface area (Å²) in [6.07, 6.45) is 1.80. The summed E-state index contributed by atoms with van der Waals surface area (Å²) < 4.78 is 27.3. The highest BCUT2D eigenvalue weighted by atomic mass is 32.2. The minimum Gasteiger partial charge on any atom is -0.325 e. The molecule has 0 aromatic heterocycles. The molecule has 132 valence electrons. The Morgan fingerprint density at radius 3 is 2.52 bits per heavy atom. The van der Waals surface area contributed by atoms with Crippen LogP contribution in [0.2, 0.25) is 0 Å². The van der Waals surface area contributed by atoms with Crippen molar-refractivity contribution in [2.75, 3.05) is 16.3 Å². The van der Waals surface area contributed by atoms with Crippen molar-refractivity contribution in [3.05, 3.63) is 52.6 Å². The van der Waals surface area contributed by atoms with Crippen LogP contribution in [0.1, 0.15) is 6.92 Å². The molecule has 0 radical (unpaired) electrons. The summed E-state index contributed by atoms with van der Waals surface area (Å²) >= 11 is 1.36. The molecule has 2 rings (SSSR count). The zero-order valence-corrected chi connectivity index (χ0v) is 15.0. The first-order chi connectivity index (χ1) is 11.7. The molecule has 10 heteroatoms. The van der Waals surface area contributed by atoms with Crippen LogP contribution >= 0.6 is 11.8 Å². The Morgan fingerprint density at radius 2 is 1.92 bits per heavy atom. The van der Waals surface area contributed by atoms with Crippen molar-refractivity contribution < 1.29 is 18.1 Å². The number of hydrogen-bond donors (Lipinski definition) is 2. The maximum Gasteiger partial charge on any atom is 0.271 e. The molecular weight excluding hydrogens is 366 g/mol. The highest BCUT2D eigenvalue weighted by Gasteiger charge is 2.18. The Morgan fingerprint density at radius 1 is 1.20 bits per heavy atom. The standard InChI is InChI=1S/C15H15N3O5S2/c1-10(19)16-14-9-13(6-7-15(14)24-2)25(22,23)17-11-4-3-5-12(8-11)18(20)21/h3-9,17H,1-2H3,(H,16,19). The van der Waals surface area contributed by atoms with Gasteiger partial charge in [-0.25, -0.2) is 8.42 Å². The Kier molecular flexibility index (Phi) is 5.65. The first kappa shape index (κ1) is 18.7. The summed E-state index contributed by atoms with van der Waals surface area (Å²) in [5.74, 6) is -0.323. The third kappa shape index (κ3) is 4.70. The van der Waals surface area contributed by atoms with E-state index in [-0.39, 0.29) is 22.2 Å². The minimum atomic E-state index is -3.97. The number of rotatable bonds is 6. The van der Waals surface area contributed by atoms with Crippen molar-refractivity contribution in [2.24, 2.45) is 0 Å². The van der Waals surface area contributed by atoms with Gasteiger partial charge in [-0.2, -0.15) is 0 Å². The Balaban J connectivity index is 2.37. The highest BCUT2D eigenvalue weighted by molar-refractivity contribution is 7.98. The second-order valence-electron chi connectivity index (χ2n) is 4.96. The lowest BCUT2D eigenvalue weighted by molar-refractivity contribution is -0.384. The number of nitrogens with zero attached hydrogens (tertiary/aromatic N) is 1. The zero-order valence-electron chi connectivity index (χ0n) is 13.3. The number of non-ortho nitro benzene ring substituents is 1. The number of hydrogen-bond acceptors (Lipinski definition) is 6. The van der Waals surface area contributed by atoms with E-state index in [2.05, 4.69) is 10.0 Å². The Hall–Kier alpha value is -2.59. The summed E-state index contributed by atoms with van der Waals surface area (Å²) in [5.41, 5.74) is 0.225. The summed E-state index contributed by atoms with van der Waals surface area (Å²) in [6.45, 7) is 1.33. The topological polar surface area (TPSA) is 118 Å². The molecule has 8 nitrogen and oxygen atoms in total. The average molecular weight is 381 g/mol. The number of benzene rings is 2. The lowest BCUT2D eigenvalue weighted by atomic mass is 10.3. The summed E-state index contributed by atoms with van der Waals surface area (Å²) in [7, 11) is -3.97. The molecule has 0 atom stereocenters. The minimum absolute atomic E-state index is 0.0689. The molecule has 0 bridgehead atoms. The lowest BCUT2D eigenvalue weighted by Crippen LogP contribution is -2.14. The van der Waals surface area contributed by atoms with Gasteiger partial charge >= 0.3 is 0 Å². The van der Waals surface area contributed by atoms with E-state index < -0.39 is 14.9 Å². The van der Waals surface area contributed by atoms with Crippen LogP contribution < -0.4 is 10.0 Å². The monoisotopic (exact) mass is 381 g/mol. The van der Waals surface area contributed by atoms with Gasteiger partial charge in [0.2, 0.25) is 5.91 Å². The largest absolute Gasteiger partial charge is 0.325 e. The van der Waals surface area contributed by atoms with Gasteiger partial charge in [0.25, 0.3) is 15.7 Å². The average Bonchev–Trinajstić information content (AvgIpc) is 2.54. The molecule has 0 fully saturated rings. The second kappa shape index (κ2) is 7.53. The maximum absolute atomic E-state index is 12.5. The molecule has 0 unspecified atom stereocenters. The van der Waals surface area contributed by atoms with Crippen molar-refractivity contribution in [3.8, 4) is 0 Å². The predicted molar refractivity (Wildman–Crippen MR) is 96.4 cm³/mol. The van der Waals surface area contributed by atoms with Crippen LogP contribution in [0.3, 0.4) is 0 Å². The number of nitro groups is 1. The number of carbonyl (C=O) groups excluding carboxylic acids is 1. The van der Waals surface area contributed by atoms with Crippen LogP contribution in [0, 0.1) is 10.1 Å². The molecule has 2 N–H and O–H groups in total. The van der Waals surface area contributed by atoms with Crippen molar-refractivity contribution in [3.63, 3.8) is 0 Å². The van der Waals surface area contributed by atoms with Crippen LogP contribution in [0.4, 0.5) is 17.1 Å². The number of anilines is 2. The molecular formula is C15H15N3O5S2. The number of sulfonamides is 1. The van der Waals surface area contributed by atoms with E-state index in [1.807, 2.05) is 0 Å². The molecule has 0 aliphatic heterocycles. The molecule has 0 aliphatic rings. The number of thioether (sulfide) groups is 1. The molecule has 1 amide bonds. The van der Waals surface area contributed by atoms with Gasteiger partial charge in [0.15, 0.2) is 0 Å². The Labute approximate surface area is 148 Å². The first-order valence-corrected chi connectivity index (χ1v) is 9.66. The molecule has 0 heterocycles. The molecule has 0 saturated heterocycles. The molecule has 2 aromatic rings. The van der Waals surface area contributed by atoms with Crippen LogP contribution in [-0.4, -0.2) is 25.5 Å². The molecule has 0 spiro atoms. The van der Waals surface area contributed by atoms with Gasteiger partial charge in [-0.3, -0.25) is 19.6 Å². The van der Waals surface area contributed by atoms with E-state index in [1.54, 1.807) is 12.3 Å². The SMILES string of the molecule is CSc1ccc(S(=O)(=O)Nc2cccc([N+](=O)[O-])c2)cc1NC(C)=O. The predicted octanol–water partition coefficient (Wildman–Crippen LogP) is 3.08. The van der Waals surface area contributed by atoms with Gasteiger partial charge in [0.05, 0.1) is 21.2 Å². The summed E-state index contributed by atoms with van der Waals surface area (Å²) in [4.78, 5) is 22.1. The molecule has 25 heavy (non-hydrogen) atoms. The first-order valence-electron chi connectivity index (χ1n) is 6.96. The number of nitro benzene ring substituents is 1. The van der Waals surface area contributed by atoms with E-state index in [4.69, 9.17) is 0 Å². The quantitative estimate of drug-likeness (QED) is 0.451. The van der Waals surface area contributed by atoms with E-state index in [0.29, 0.717) is 10.6 Å². The van der Waals surface area contributed by atoms with Crippen molar-refractivity contribution in [1.29, 1.82) is 0 Å². The van der Waals surface area contributed by atoms with Crippen molar-refractivity contribution in [2.45, 2.75) is 16.7 Å². The lowest BCUT2D eigenvalue weighted by Gasteiger charge is -2.12. The van der Waals surface area contributed by atoms with Gasteiger partial charge in [0.1, 0.15) is 0 Å². The van der Waals surface area contributed by atoms with Gasteiger partial charge in [-0.1, -0.05) is 6.07 Å². The van der Waals surface area contributed by atoms with Gasteiger partial charge in [-0.15, -0.1) is 11.8 Å². The zero-order chi connectivity index (χ0) is 18.6. The fourth-order valence-electron chi connectivity index (χ4n) is 2.04. The van der Waals surface area contributed by atoms with Gasteiger partial charge < -0.3 is 5.32 Å². The van der Waals surface area contributed by atoms with Crippen molar-refractivity contribution in [1.82, 2.24) is 0 Å². The van der Waals surface area contributed by atoms with Crippen LogP contribution in [0.15, 0.2) is 52.3 Å². The van der Waals surface area contributed by atoms with Crippen LogP contribution in [0.25, 0.3) is 0 Å². The normalized spacial score (nSPS) is 11.0. The maximum atomic E-state index is 12.5. The van der Waals surface area contributed by atoms with Gasteiger partial charge in [-0.05, 0) is 30.5 Å². The molecule has 0 saturated carbocycles.